The zero-order valence-electron chi connectivity index (χ0n) is 32.3. The topological polar surface area (TPSA) is 0 Å². The van der Waals surface area contributed by atoms with Gasteiger partial charge in [-0.3, -0.25) is 0 Å². The summed E-state index contributed by atoms with van der Waals surface area (Å²) in [7, 11) is 0. The van der Waals surface area contributed by atoms with E-state index in [1.807, 2.05) is 0 Å². The minimum atomic E-state index is 1.39. The van der Waals surface area contributed by atoms with Crippen molar-refractivity contribution in [3.8, 4) is 0 Å². The first kappa shape index (κ1) is 38.9. The fourth-order valence-electron chi connectivity index (χ4n) is 5.58. The highest BCUT2D eigenvalue weighted by molar-refractivity contribution is 5.49. The maximum Gasteiger partial charge on any atom is -0.0392 e. The molecule has 0 bridgehead atoms. The van der Waals surface area contributed by atoms with Crippen molar-refractivity contribution in [2.24, 2.45) is 0 Å². The Kier molecular flexibility index (Phi) is 14.4. The maximum atomic E-state index is 2.24. The Morgan fingerprint density at radius 1 is 0.159 bits per heavy atom. The van der Waals surface area contributed by atoms with E-state index in [-0.39, 0.29) is 0 Å². The van der Waals surface area contributed by atoms with Crippen LogP contribution < -0.4 is 0 Å². The number of benzene rings is 4. The summed E-state index contributed by atoms with van der Waals surface area (Å²) in [5, 5.41) is 0. The van der Waals surface area contributed by atoms with Gasteiger partial charge in [-0.15, -0.1) is 0 Å². The molecule has 4 rings (SSSR count). The highest BCUT2D eigenvalue weighted by atomic mass is 14.1. The van der Waals surface area contributed by atoms with Crippen LogP contribution in [0.3, 0.4) is 0 Å². The van der Waals surface area contributed by atoms with E-state index >= 15 is 0 Å². The highest BCUT2D eigenvalue weighted by Crippen LogP contribution is 2.26. The van der Waals surface area contributed by atoms with Gasteiger partial charge in [0.2, 0.25) is 0 Å². The van der Waals surface area contributed by atoms with Crippen LogP contribution in [-0.4, -0.2) is 0 Å². The van der Waals surface area contributed by atoms with Crippen LogP contribution in [0.25, 0.3) is 0 Å². The molecule has 0 aliphatic rings. The molecular formula is C44H64. The van der Waals surface area contributed by atoms with Crippen molar-refractivity contribution in [2.75, 3.05) is 0 Å². The lowest BCUT2D eigenvalue weighted by Crippen LogP contribution is -1.98. The Balaban J connectivity index is 0.000000294. The van der Waals surface area contributed by atoms with E-state index in [1.165, 1.54) is 111 Å². The molecule has 0 heteroatoms. The molecule has 0 nitrogen and oxygen atoms in total. The van der Waals surface area contributed by atoms with Crippen LogP contribution in [0.1, 0.15) is 111 Å². The molecule has 0 amide bonds. The summed E-state index contributed by atoms with van der Waals surface area (Å²) < 4.78 is 0. The summed E-state index contributed by atoms with van der Waals surface area (Å²) in [6, 6.07) is 8.96. The minimum absolute atomic E-state index is 1.39. The predicted octanol–water partition coefficient (Wildman–Crippen LogP) is 12.9. The smallest absolute Gasteiger partial charge is 0.0392 e. The van der Waals surface area contributed by atoms with Gasteiger partial charge >= 0.3 is 0 Å². The number of rotatable bonds is 0. The van der Waals surface area contributed by atoms with Crippen molar-refractivity contribution in [1.29, 1.82) is 0 Å². The van der Waals surface area contributed by atoms with Gasteiger partial charge in [-0.25, -0.2) is 0 Å². The van der Waals surface area contributed by atoms with Gasteiger partial charge in [0.05, 0.1) is 0 Å². The van der Waals surface area contributed by atoms with Gasteiger partial charge in [0.25, 0.3) is 0 Å². The molecule has 4 aromatic rings. The third-order valence-corrected chi connectivity index (χ3v) is 11.0. The third-order valence-electron chi connectivity index (χ3n) is 11.0. The number of aryl methyl sites for hydroxylation is 8. The number of hydrogen-bond donors (Lipinski definition) is 0. The molecule has 0 spiro atoms. The van der Waals surface area contributed by atoms with Crippen LogP contribution in [0, 0.1) is 138 Å². The predicted molar refractivity (Wildman–Crippen MR) is 201 cm³/mol. The largest absolute Gasteiger partial charge is 0.0559 e. The van der Waals surface area contributed by atoms with Crippen LogP contribution >= 0.6 is 0 Å². The fourth-order valence-corrected chi connectivity index (χ4v) is 5.58. The molecule has 0 saturated carbocycles. The Labute approximate surface area is 273 Å². The average molecular weight is 593 g/mol. The fraction of sp³-hybridized carbons (Fsp3) is 0.455. The molecule has 44 heavy (non-hydrogen) atoms. The first-order valence-corrected chi connectivity index (χ1v) is 16.3. The minimum Gasteiger partial charge on any atom is -0.0559 e. The Morgan fingerprint density at radius 2 is 0.227 bits per heavy atom. The zero-order valence-corrected chi connectivity index (χ0v) is 32.3. The maximum absolute atomic E-state index is 2.24. The van der Waals surface area contributed by atoms with Crippen molar-refractivity contribution in [3.63, 3.8) is 0 Å². The Morgan fingerprint density at radius 3 is 0.295 bits per heavy atom. The second-order valence-corrected chi connectivity index (χ2v) is 13.5. The number of hydrogen-bond acceptors (Lipinski definition) is 0. The van der Waals surface area contributed by atoms with E-state index in [1.54, 1.807) is 0 Å². The van der Waals surface area contributed by atoms with Crippen molar-refractivity contribution in [2.45, 2.75) is 138 Å². The molecule has 4 aromatic carbocycles. The van der Waals surface area contributed by atoms with Crippen LogP contribution in [0.15, 0.2) is 24.3 Å². The van der Waals surface area contributed by atoms with E-state index in [0.717, 1.165) is 0 Å². The van der Waals surface area contributed by atoms with Crippen molar-refractivity contribution >= 4 is 0 Å². The molecule has 0 unspecified atom stereocenters. The Bertz CT molecular complexity index is 1190. The monoisotopic (exact) mass is 593 g/mol. The Hall–Kier alpha value is -3.12. The second-order valence-electron chi connectivity index (χ2n) is 13.5. The van der Waals surface area contributed by atoms with Gasteiger partial charge in [0, 0.05) is 0 Å². The molecule has 0 atom stereocenters. The molecular weight excluding hydrogens is 528 g/mol. The van der Waals surface area contributed by atoms with E-state index < -0.39 is 0 Å². The molecule has 0 aromatic heterocycles. The first-order chi connectivity index (χ1) is 20.1. The van der Waals surface area contributed by atoms with Crippen LogP contribution in [0.5, 0.6) is 0 Å². The lowest BCUT2D eigenvalue weighted by Gasteiger charge is -2.15. The molecule has 0 aliphatic carbocycles. The standard InChI is InChI=1S/2C12H18.2C10H14/c2*1-7-8(2)10(4)12(6)11(5)9(7)3;2*1-7-5-9(3)10(4)6-8(7)2/h2*1-6H3;2*5-6H,1-4H3. The zero-order chi connectivity index (χ0) is 34.4. The van der Waals surface area contributed by atoms with E-state index in [4.69, 9.17) is 0 Å². The molecule has 0 N–H and O–H groups in total. The summed E-state index contributed by atoms with van der Waals surface area (Å²) >= 11 is 0. The van der Waals surface area contributed by atoms with E-state index in [0.29, 0.717) is 0 Å². The van der Waals surface area contributed by atoms with E-state index in [2.05, 4.69) is 163 Å². The highest BCUT2D eigenvalue weighted by Gasteiger charge is 2.08. The molecule has 240 valence electrons. The molecule has 0 aliphatic heterocycles. The summed E-state index contributed by atoms with van der Waals surface area (Å²) in [4.78, 5) is 0. The summed E-state index contributed by atoms with van der Waals surface area (Å²) in [5.74, 6) is 0. The van der Waals surface area contributed by atoms with Crippen LogP contribution in [0.2, 0.25) is 0 Å². The normalized spacial score (nSPS) is 10.3. The second kappa shape index (κ2) is 16.3. The molecule has 0 saturated heterocycles. The lowest BCUT2D eigenvalue weighted by molar-refractivity contribution is 1.13. The van der Waals surface area contributed by atoms with Gasteiger partial charge in [0.15, 0.2) is 0 Å². The summed E-state index contributed by atoms with van der Waals surface area (Å²) in [5.41, 5.74) is 28.6. The summed E-state index contributed by atoms with van der Waals surface area (Å²) in [6.07, 6.45) is 0. The summed E-state index contributed by atoms with van der Waals surface area (Å²) in [6.45, 7) is 43.8. The SMILES string of the molecule is Cc1c(C)c(C)c(C)c(C)c1C.Cc1c(C)c(C)c(C)c(C)c1C.Cc1cc(C)c(C)cc1C.Cc1cc(C)c(C)cc1C. The van der Waals surface area contributed by atoms with Gasteiger partial charge in [-0.05, 0) is 250 Å². The van der Waals surface area contributed by atoms with Crippen LogP contribution in [0.4, 0.5) is 0 Å². The van der Waals surface area contributed by atoms with Gasteiger partial charge < -0.3 is 0 Å². The van der Waals surface area contributed by atoms with Gasteiger partial charge in [-0.1, -0.05) is 24.3 Å². The van der Waals surface area contributed by atoms with Crippen molar-refractivity contribution < 1.29 is 0 Å². The quantitative estimate of drug-likeness (QED) is 0.190. The first-order valence-electron chi connectivity index (χ1n) is 16.3. The van der Waals surface area contributed by atoms with E-state index in [9.17, 15) is 0 Å². The van der Waals surface area contributed by atoms with Crippen LogP contribution in [-0.2, 0) is 0 Å². The third kappa shape index (κ3) is 9.44. The lowest BCUT2D eigenvalue weighted by atomic mass is 9.90. The molecule has 0 radical (unpaired) electrons. The van der Waals surface area contributed by atoms with Crippen molar-refractivity contribution in [1.82, 2.24) is 0 Å². The van der Waals surface area contributed by atoms with Crippen molar-refractivity contribution in [3.05, 3.63) is 136 Å². The van der Waals surface area contributed by atoms with Gasteiger partial charge in [-0.2, -0.15) is 0 Å². The van der Waals surface area contributed by atoms with Gasteiger partial charge in [0.1, 0.15) is 0 Å². The average Bonchev–Trinajstić information content (AvgIpc) is 2.98. The molecule has 0 fully saturated rings. The molecule has 0 heterocycles.